The van der Waals surface area contributed by atoms with Crippen LogP contribution in [0.25, 0.3) is 6.08 Å². The fraction of sp³-hybridized carbons (Fsp3) is 0.111. The second-order valence-electron chi connectivity index (χ2n) is 5.12. The lowest BCUT2D eigenvalue weighted by atomic mass is 10.2. The number of amides is 1. The van der Waals surface area contributed by atoms with Crippen LogP contribution in [0.15, 0.2) is 51.8 Å². The molecule has 0 atom stereocenters. The predicted octanol–water partition coefficient (Wildman–Crippen LogP) is 5.91. The van der Waals surface area contributed by atoms with E-state index in [1.54, 1.807) is 18.2 Å². The normalized spacial score (nSPS) is 16.0. The molecule has 7 heteroatoms. The lowest BCUT2D eigenvalue weighted by molar-refractivity contribution is -0.113. The van der Waals surface area contributed by atoms with Crippen LogP contribution in [0.1, 0.15) is 12.5 Å². The van der Waals surface area contributed by atoms with Crippen molar-refractivity contribution in [2.24, 2.45) is 0 Å². The van der Waals surface area contributed by atoms with Gasteiger partial charge in [-0.2, -0.15) is 0 Å². The Bertz CT molecular complexity index is 885. The van der Waals surface area contributed by atoms with Crippen molar-refractivity contribution in [1.29, 1.82) is 0 Å². The monoisotopic (exact) mass is 453 g/mol. The van der Waals surface area contributed by atoms with Crippen LogP contribution in [0, 0.1) is 0 Å². The number of hydrogen-bond donors (Lipinski definition) is 0. The first kappa shape index (κ1) is 18.5. The van der Waals surface area contributed by atoms with Gasteiger partial charge < -0.3 is 4.74 Å². The first-order valence-corrected chi connectivity index (χ1v) is 9.85. The highest BCUT2D eigenvalue weighted by atomic mass is 79.9. The summed E-state index contributed by atoms with van der Waals surface area (Å²) in [5.41, 5.74) is 1.56. The Hall–Kier alpha value is -1.34. The summed E-state index contributed by atoms with van der Waals surface area (Å²) in [5.74, 6) is 0.619. The van der Waals surface area contributed by atoms with Gasteiger partial charge in [-0.15, -0.1) is 0 Å². The minimum atomic E-state index is -0.151. The quantitative estimate of drug-likeness (QED) is 0.424. The van der Waals surface area contributed by atoms with E-state index in [2.05, 4.69) is 15.9 Å². The summed E-state index contributed by atoms with van der Waals surface area (Å²) < 4.78 is 6.84. The van der Waals surface area contributed by atoms with Gasteiger partial charge in [0.25, 0.3) is 5.91 Å². The molecule has 2 aromatic carbocycles. The molecule has 0 bridgehead atoms. The van der Waals surface area contributed by atoms with Crippen LogP contribution in [-0.4, -0.2) is 16.8 Å². The lowest BCUT2D eigenvalue weighted by Crippen LogP contribution is -2.27. The highest BCUT2D eigenvalue weighted by Crippen LogP contribution is 2.37. The van der Waals surface area contributed by atoms with Crippen molar-refractivity contribution in [2.75, 3.05) is 11.5 Å². The Kier molecular flexibility index (Phi) is 5.84. The molecule has 25 heavy (non-hydrogen) atoms. The van der Waals surface area contributed by atoms with Gasteiger partial charge in [0, 0.05) is 5.02 Å². The highest BCUT2D eigenvalue weighted by Gasteiger charge is 2.33. The smallest absolute Gasteiger partial charge is 0.270 e. The van der Waals surface area contributed by atoms with Gasteiger partial charge in [-0.3, -0.25) is 9.69 Å². The fourth-order valence-electron chi connectivity index (χ4n) is 2.34. The highest BCUT2D eigenvalue weighted by molar-refractivity contribution is 9.10. The van der Waals surface area contributed by atoms with Crippen molar-refractivity contribution >= 4 is 73.5 Å². The number of anilines is 1. The Morgan fingerprint density at radius 2 is 2.12 bits per heavy atom. The molecule has 0 saturated carbocycles. The van der Waals surface area contributed by atoms with Crippen LogP contribution in [0.5, 0.6) is 5.75 Å². The third-order valence-electron chi connectivity index (χ3n) is 3.41. The molecule has 128 valence electrons. The summed E-state index contributed by atoms with van der Waals surface area (Å²) >= 11 is 16.2. The SMILES string of the molecule is CCOc1ccc(/C=C2/SC(=S)N(c3cccc(Cl)c3)C2=O)cc1Br. The van der Waals surface area contributed by atoms with Crippen LogP contribution >= 0.6 is 51.5 Å². The first-order valence-electron chi connectivity index (χ1n) is 7.45. The topological polar surface area (TPSA) is 29.5 Å². The Morgan fingerprint density at radius 3 is 2.80 bits per heavy atom. The minimum Gasteiger partial charge on any atom is -0.493 e. The lowest BCUT2D eigenvalue weighted by Gasteiger charge is -2.14. The summed E-state index contributed by atoms with van der Waals surface area (Å²) in [5, 5.41) is 0.561. The van der Waals surface area contributed by atoms with Gasteiger partial charge in [-0.25, -0.2) is 0 Å². The second kappa shape index (κ2) is 7.91. The van der Waals surface area contributed by atoms with Crippen molar-refractivity contribution in [3.63, 3.8) is 0 Å². The number of rotatable bonds is 4. The maximum absolute atomic E-state index is 12.8. The van der Waals surface area contributed by atoms with E-state index in [0.29, 0.717) is 26.5 Å². The maximum atomic E-state index is 12.8. The molecule has 0 aromatic heterocycles. The molecule has 1 fully saturated rings. The molecule has 3 nitrogen and oxygen atoms in total. The van der Waals surface area contributed by atoms with Crippen molar-refractivity contribution < 1.29 is 9.53 Å². The molecule has 1 aliphatic heterocycles. The van der Waals surface area contributed by atoms with E-state index in [0.717, 1.165) is 15.8 Å². The molecule has 1 amide bonds. The van der Waals surface area contributed by atoms with Crippen LogP contribution in [0.4, 0.5) is 5.69 Å². The molecular weight excluding hydrogens is 442 g/mol. The van der Waals surface area contributed by atoms with E-state index in [1.807, 2.05) is 37.3 Å². The van der Waals surface area contributed by atoms with Crippen molar-refractivity contribution in [1.82, 2.24) is 0 Å². The molecule has 0 N–H and O–H groups in total. The fourth-order valence-corrected chi connectivity index (χ4v) is 4.33. The number of hydrogen-bond acceptors (Lipinski definition) is 4. The van der Waals surface area contributed by atoms with Gasteiger partial charge in [-0.05, 0) is 64.8 Å². The summed E-state index contributed by atoms with van der Waals surface area (Å²) in [6, 6.07) is 12.8. The number of nitrogens with zero attached hydrogens (tertiary/aromatic N) is 1. The summed E-state index contributed by atoms with van der Waals surface area (Å²) in [6.07, 6.45) is 1.82. The maximum Gasteiger partial charge on any atom is 0.270 e. The second-order valence-corrected chi connectivity index (χ2v) is 8.09. The number of carbonyl (C=O) groups excluding carboxylic acids is 1. The zero-order valence-electron chi connectivity index (χ0n) is 13.2. The molecule has 1 aliphatic rings. The number of ether oxygens (including phenoxy) is 1. The first-order chi connectivity index (χ1) is 12.0. The van der Waals surface area contributed by atoms with Gasteiger partial charge in [0.15, 0.2) is 4.32 Å². The minimum absolute atomic E-state index is 0.151. The third-order valence-corrected chi connectivity index (χ3v) is 5.57. The number of thiocarbonyl (C=S) groups is 1. The molecule has 1 heterocycles. The van der Waals surface area contributed by atoms with Gasteiger partial charge in [0.05, 0.1) is 21.7 Å². The number of thioether (sulfide) groups is 1. The van der Waals surface area contributed by atoms with Gasteiger partial charge in [0.2, 0.25) is 0 Å². The summed E-state index contributed by atoms with van der Waals surface area (Å²) in [7, 11) is 0. The van der Waals surface area contributed by atoms with E-state index in [-0.39, 0.29) is 5.91 Å². The van der Waals surface area contributed by atoms with Crippen LogP contribution in [0.3, 0.4) is 0 Å². The molecule has 1 saturated heterocycles. The van der Waals surface area contributed by atoms with Gasteiger partial charge in [0.1, 0.15) is 5.75 Å². The Balaban J connectivity index is 1.89. The molecular formula is C18H13BrClNO2S2. The Labute approximate surface area is 169 Å². The molecule has 0 unspecified atom stereocenters. The molecule has 2 aromatic rings. The van der Waals surface area contributed by atoms with E-state index in [9.17, 15) is 4.79 Å². The standard InChI is InChI=1S/C18H13BrClNO2S2/c1-2-23-15-7-6-11(8-14(15)19)9-16-17(22)21(18(24)25-16)13-5-3-4-12(20)10-13/h3-10H,2H2,1H3/b16-9+. The summed E-state index contributed by atoms with van der Waals surface area (Å²) in [4.78, 5) is 14.8. The van der Waals surface area contributed by atoms with Crippen molar-refractivity contribution in [2.45, 2.75) is 6.92 Å². The molecule has 3 rings (SSSR count). The molecule has 0 aliphatic carbocycles. The number of benzene rings is 2. The number of carbonyl (C=O) groups is 1. The van der Waals surface area contributed by atoms with Crippen LogP contribution < -0.4 is 9.64 Å². The largest absolute Gasteiger partial charge is 0.493 e. The summed E-state index contributed by atoms with van der Waals surface area (Å²) in [6.45, 7) is 2.53. The van der Waals surface area contributed by atoms with E-state index < -0.39 is 0 Å². The average Bonchev–Trinajstić information content (AvgIpc) is 2.84. The van der Waals surface area contributed by atoms with Gasteiger partial charge in [-0.1, -0.05) is 47.7 Å². The predicted molar refractivity (Wildman–Crippen MR) is 112 cm³/mol. The van der Waals surface area contributed by atoms with Gasteiger partial charge >= 0.3 is 0 Å². The van der Waals surface area contributed by atoms with Crippen molar-refractivity contribution in [3.8, 4) is 5.75 Å². The third kappa shape index (κ3) is 4.08. The van der Waals surface area contributed by atoms with Crippen molar-refractivity contribution in [3.05, 3.63) is 62.4 Å². The Morgan fingerprint density at radius 1 is 1.32 bits per heavy atom. The van der Waals surface area contributed by atoms with E-state index in [1.165, 1.54) is 16.7 Å². The average molecular weight is 455 g/mol. The van der Waals surface area contributed by atoms with Crippen LogP contribution in [-0.2, 0) is 4.79 Å². The zero-order valence-corrected chi connectivity index (χ0v) is 17.1. The van der Waals surface area contributed by atoms with Crippen LogP contribution in [0.2, 0.25) is 5.02 Å². The van der Waals surface area contributed by atoms with E-state index in [4.69, 9.17) is 28.6 Å². The zero-order chi connectivity index (χ0) is 18.0. The molecule has 0 spiro atoms. The molecule has 0 radical (unpaired) electrons. The van der Waals surface area contributed by atoms with E-state index >= 15 is 0 Å². The number of halogens is 2.